The average molecular weight is 578 g/mol. The van der Waals surface area contributed by atoms with Gasteiger partial charge in [0.1, 0.15) is 17.7 Å². The van der Waals surface area contributed by atoms with Crippen molar-refractivity contribution in [1.82, 2.24) is 10.2 Å². The van der Waals surface area contributed by atoms with Gasteiger partial charge in [0.25, 0.3) is 5.91 Å². The smallest absolute Gasteiger partial charge is 0.408 e. The summed E-state index contributed by atoms with van der Waals surface area (Å²) in [6.07, 6.45) is 6.42. The van der Waals surface area contributed by atoms with Gasteiger partial charge in [-0.2, -0.15) is 0 Å². The number of ether oxygens (including phenoxy) is 1. The Labute approximate surface area is 253 Å². The van der Waals surface area contributed by atoms with Gasteiger partial charge in [-0.1, -0.05) is 95.5 Å². The van der Waals surface area contributed by atoms with E-state index in [4.69, 9.17) is 4.74 Å². The zero-order chi connectivity index (χ0) is 31.3. The molecular formula is C35H51N3O4. The Kier molecular flexibility index (Phi) is 13.8. The molecule has 0 aliphatic heterocycles. The van der Waals surface area contributed by atoms with E-state index in [9.17, 15) is 14.4 Å². The van der Waals surface area contributed by atoms with E-state index in [0.29, 0.717) is 24.2 Å². The molecule has 0 bridgehead atoms. The molecule has 42 heavy (non-hydrogen) atoms. The van der Waals surface area contributed by atoms with Crippen LogP contribution in [0.15, 0.2) is 55.1 Å². The van der Waals surface area contributed by atoms with Gasteiger partial charge < -0.3 is 20.3 Å². The fourth-order valence-electron chi connectivity index (χ4n) is 4.84. The number of amides is 3. The van der Waals surface area contributed by atoms with Crippen LogP contribution in [0.2, 0.25) is 0 Å². The van der Waals surface area contributed by atoms with E-state index in [2.05, 4.69) is 24.1 Å². The second-order valence-electron chi connectivity index (χ2n) is 12.4. The lowest BCUT2D eigenvalue weighted by Crippen LogP contribution is -2.53. The minimum atomic E-state index is -0.918. The van der Waals surface area contributed by atoms with Crippen LogP contribution < -0.4 is 10.6 Å². The minimum absolute atomic E-state index is 0.114. The second kappa shape index (κ2) is 16.7. The highest BCUT2D eigenvalue weighted by Gasteiger charge is 2.36. The average Bonchev–Trinajstić information content (AvgIpc) is 2.91. The quantitative estimate of drug-likeness (QED) is 0.210. The second-order valence-corrected chi connectivity index (χ2v) is 12.4. The summed E-state index contributed by atoms with van der Waals surface area (Å²) in [7, 11) is 0. The number of hydrogen-bond acceptors (Lipinski definition) is 4. The Morgan fingerprint density at radius 3 is 2.31 bits per heavy atom. The van der Waals surface area contributed by atoms with E-state index in [-0.39, 0.29) is 17.7 Å². The molecule has 2 unspecified atom stereocenters. The molecule has 3 amide bonds. The third-order valence-electron chi connectivity index (χ3n) is 6.91. The van der Waals surface area contributed by atoms with Gasteiger partial charge in [-0.25, -0.2) is 4.79 Å². The summed E-state index contributed by atoms with van der Waals surface area (Å²) < 4.78 is 5.51. The van der Waals surface area contributed by atoms with Crippen molar-refractivity contribution in [2.75, 3.05) is 11.9 Å². The number of unbranched alkanes of at least 4 members (excludes halogenated alkanes) is 4. The number of aryl methyl sites for hydroxylation is 1. The number of alkyl carbamates (subject to hydrolysis) is 1. The lowest BCUT2D eigenvalue weighted by atomic mass is 9.97. The molecule has 0 heterocycles. The number of carbonyl (C=O) groups excluding carboxylic acids is 3. The Bertz CT molecular complexity index is 1180. The van der Waals surface area contributed by atoms with Crippen LogP contribution in [0, 0.1) is 12.8 Å². The molecule has 0 aromatic heterocycles. The first kappa shape index (κ1) is 34.6. The summed E-state index contributed by atoms with van der Waals surface area (Å²) in [6, 6.07) is 13.3. The van der Waals surface area contributed by atoms with Crippen molar-refractivity contribution in [2.24, 2.45) is 5.92 Å². The van der Waals surface area contributed by atoms with Gasteiger partial charge in [-0.3, -0.25) is 9.59 Å². The van der Waals surface area contributed by atoms with Gasteiger partial charge in [0, 0.05) is 12.2 Å². The van der Waals surface area contributed by atoms with E-state index < -0.39 is 23.8 Å². The fourth-order valence-corrected chi connectivity index (χ4v) is 4.84. The van der Waals surface area contributed by atoms with E-state index in [1.54, 1.807) is 31.7 Å². The molecule has 7 heteroatoms. The first-order valence-corrected chi connectivity index (χ1v) is 15.2. The number of para-hydroxylation sites is 1. The minimum Gasteiger partial charge on any atom is -0.444 e. The summed E-state index contributed by atoms with van der Waals surface area (Å²) in [5, 5.41) is 5.90. The van der Waals surface area contributed by atoms with E-state index in [0.717, 1.165) is 43.2 Å². The summed E-state index contributed by atoms with van der Waals surface area (Å²) in [5.74, 6) is -0.504. The summed E-state index contributed by atoms with van der Waals surface area (Å²) >= 11 is 0. The third-order valence-corrected chi connectivity index (χ3v) is 6.91. The van der Waals surface area contributed by atoms with Crippen LogP contribution in [-0.2, 0) is 14.3 Å². The van der Waals surface area contributed by atoms with Crippen molar-refractivity contribution >= 4 is 29.7 Å². The van der Waals surface area contributed by atoms with Crippen molar-refractivity contribution in [3.05, 3.63) is 71.8 Å². The third kappa shape index (κ3) is 11.3. The van der Waals surface area contributed by atoms with Crippen molar-refractivity contribution in [3.63, 3.8) is 0 Å². The lowest BCUT2D eigenvalue weighted by molar-refractivity contribution is -0.141. The molecule has 2 aromatic carbocycles. The molecule has 0 saturated heterocycles. The lowest BCUT2D eigenvalue weighted by Gasteiger charge is -2.35. The van der Waals surface area contributed by atoms with Gasteiger partial charge in [0.05, 0.1) is 0 Å². The molecule has 7 nitrogen and oxygen atoms in total. The Morgan fingerprint density at radius 1 is 1.00 bits per heavy atom. The largest absolute Gasteiger partial charge is 0.444 e. The topological polar surface area (TPSA) is 87.7 Å². The zero-order valence-corrected chi connectivity index (χ0v) is 26.7. The maximum absolute atomic E-state index is 14.4. The molecular weight excluding hydrogens is 526 g/mol. The molecule has 0 spiro atoms. The monoisotopic (exact) mass is 577 g/mol. The van der Waals surface area contributed by atoms with E-state index in [1.807, 2.05) is 69.3 Å². The highest BCUT2D eigenvalue weighted by molar-refractivity contribution is 5.99. The standard InChI is InChI=1S/C35H51N3O4/c1-9-11-12-13-16-22-38(33(40)30(23-25(3)4)37-34(41)42-35(6,7)8)31(28-20-17-19-27(10-2)24-28)32(39)36-29-21-15-14-18-26(29)5/h10,14-15,17-21,24-25,30-31H,2,9,11-13,16,22-23H2,1,3-8H3,(H,36,39)(H,37,41). The van der Waals surface area contributed by atoms with Gasteiger partial charge >= 0.3 is 6.09 Å². The van der Waals surface area contributed by atoms with Crippen LogP contribution in [0.5, 0.6) is 0 Å². The molecule has 230 valence electrons. The van der Waals surface area contributed by atoms with Gasteiger partial charge in [0.2, 0.25) is 5.91 Å². The Morgan fingerprint density at radius 2 is 1.69 bits per heavy atom. The number of anilines is 1. The number of rotatable bonds is 15. The molecule has 0 saturated carbocycles. The Hall–Kier alpha value is -3.61. The van der Waals surface area contributed by atoms with Crippen molar-refractivity contribution in [1.29, 1.82) is 0 Å². The molecule has 0 fully saturated rings. The van der Waals surface area contributed by atoms with Gasteiger partial charge in [-0.05, 0) is 75.3 Å². The normalized spacial score (nSPS) is 12.8. The Balaban J connectivity index is 2.57. The number of nitrogens with zero attached hydrogens (tertiary/aromatic N) is 1. The van der Waals surface area contributed by atoms with Crippen molar-refractivity contribution in [3.8, 4) is 0 Å². The highest BCUT2D eigenvalue weighted by atomic mass is 16.6. The fraction of sp³-hybridized carbons (Fsp3) is 0.514. The van der Waals surface area contributed by atoms with Crippen LogP contribution >= 0.6 is 0 Å². The summed E-state index contributed by atoms with van der Waals surface area (Å²) in [4.78, 5) is 43.1. The predicted octanol–water partition coefficient (Wildman–Crippen LogP) is 8.06. The number of nitrogens with one attached hydrogen (secondary N) is 2. The number of carbonyl (C=O) groups is 3. The van der Waals surface area contributed by atoms with Gasteiger partial charge in [0.15, 0.2) is 0 Å². The molecule has 0 radical (unpaired) electrons. The SMILES string of the molecule is C=Cc1cccc(C(C(=O)Nc2ccccc2C)N(CCCCCCC)C(=O)C(CC(C)C)NC(=O)OC(C)(C)C)c1. The van der Waals surface area contributed by atoms with Crippen molar-refractivity contribution in [2.45, 2.75) is 105 Å². The maximum atomic E-state index is 14.4. The van der Waals surface area contributed by atoms with Crippen LogP contribution in [-0.4, -0.2) is 41.0 Å². The number of hydrogen-bond donors (Lipinski definition) is 2. The molecule has 2 rings (SSSR count). The van der Waals surface area contributed by atoms with Crippen molar-refractivity contribution < 1.29 is 19.1 Å². The molecule has 0 aliphatic carbocycles. The molecule has 2 atom stereocenters. The van der Waals surface area contributed by atoms with Crippen LogP contribution in [0.4, 0.5) is 10.5 Å². The number of benzene rings is 2. The zero-order valence-electron chi connectivity index (χ0n) is 26.7. The predicted molar refractivity (Wildman–Crippen MR) is 172 cm³/mol. The summed E-state index contributed by atoms with van der Waals surface area (Å²) in [5.41, 5.74) is 2.43. The first-order valence-electron chi connectivity index (χ1n) is 15.2. The molecule has 2 aromatic rings. The molecule has 0 aliphatic rings. The van der Waals surface area contributed by atoms with E-state index in [1.165, 1.54) is 0 Å². The molecule has 2 N–H and O–H groups in total. The maximum Gasteiger partial charge on any atom is 0.408 e. The van der Waals surface area contributed by atoms with Gasteiger partial charge in [-0.15, -0.1) is 0 Å². The highest BCUT2D eigenvalue weighted by Crippen LogP contribution is 2.28. The van der Waals surface area contributed by atoms with Crippen LogP contribution in [0.1, 0.15) is 103 Å². The summed E-state index contributed by atoms with van der Waals surface area (Å²) in [6.45, 7) is 17.7. The van der Waals surface area contributed by atoms with E-state index >= 15 is 0 Å². The van der Waals surface area contributed by atoms with Crippen LogP contribution in [0.25, 0.3) is 6.08 Å². The first-order chi connectivity index (χ1) is 19.9. The van der Waals surface area contributed by atoms with Crippen LogP contribution in [0.3, 0.4) is 0 Å².